The first kappa shape index (κ1) is 5.81. The molecule has 1 nitrogen and oxygen atoms in total. The Hall–Kier alpha value is -0.190. The van der Waals surface area contributed by atoms with Gasteiger partial charge in [0, 0.05) is 0 Å². The maximum absolute atomic E-state index is 7.97. The smallest absolute Gasteiger partial charge is 0.104 e. The first-order valence-electron chi connectivity index (χ1n) is 1.54. The topological polar surface area (TPSA) is 20.2 Å². The molecule has 0 bridgehead atoms. The Kier molecular flexibility index (Phi) is 4.66. The molecule has 0 radical (unpaired) electrons. The summed E-state index contributed by atoms with van der Waals surface area (Å²) in [5, 5.41) is 7.97. The predicted octanol–water partition coefficient (Wildman–Crippen LogP) is 0.221. The molecule has 0 saturated heterocycles. The van der Waals surface area contributed by atoms with Gasteiger partial charge >= 0.3 is 0 Å². The maximum Gasteiger partial charge on any atom is 0.104 e. The highest BCUT2D eigenvalue weighted by Crippen LogP contribution is 1.64. The highest BCUT2D eigenvalue weighted by Gasteiger charge is 1.58. The number of hydrogen-bond donors (Lipinski definition) is 1. The van der Waals surface area contributed by atoms with Crippen molar-refractivity contribution in [3.05, 3.63) is 0 Å². The molecule has 0 aromatic heterocycles. The third kappa shape index (κ3) is 3.81. The molecular weight excluding hydrogens is 99.5 g/mol. The summed E-state index contributed by atoms with van der Waals surface area (Å²) in [5.74, 6) is 5.14. The lowest BCUT2D eigenvalue weighted by Gasteiger charge is -1.64. The minimum atomic E-state index is -0.0906. The van der Waals surface area contributed by atoms with Gasteiger partial charge in [0.1, 0.15) is 6.61 Å². The number of halogens is 1. The van der Waals surface area contributed by atoms with Gasteiger partial charge in [-0.1, -0.05) is 11.8 Å². The van der Waals surface area contributed by atoms with Crippen LogP contribution in [0.25, 0.3) is 0 Å². The summed E-state index contributed by atoms with van der Waals surface area (Å²) in [7, 11) is 0. The third-order valence-electron chi connectivity index (χ3n) is 0.271. The van der Waals surface area contributed by atoms with E-state index in [0.29, 0.717) is 5.88 Å². The number of aliphatic hydroxyl groups excluding tert-OH is 1. The Morgan fingerprint density at radius 2 is 2.17 bits per heavy atom. The van der Waals surface area contributed by atoms with Gasteiger partial charge < -0.3 is 5.11 Å². The lowest BCUT2D eigenvalue weighted by molar-refractivity contribution is 0.350. The highest BCUT2D eigenvalue weighted by atomic mass is 35.5. The summed E-state index contributed by atoms with van der Waals surface area (Å²) >= 11 is 5.10. The minimum absolute atomic E-state index is 0.0906. The van der Waals surface area contributed by atoms with E-state index in [1.807, 2.05) is 0 Å². The van der Waals surface area contributed by atoms with Crippen molar-refractivity contribution in [2.75, 3.05) is 12.5 Å². The van der Waals surface area contributed by atoms with Crippen LogP contribution in [0.4, 0.5) is 0 Å². The highest BCUT2D eigenvalue weighted by molar-refractivity contribution is 6.19. The standard InChI is InChI=1S/C4H5ClO/c5-3-1-2-4-6/h6H,3-4H2. The molecule has 0 saturated carbocycles. The molecule has 0 heterocycles. The molecule has 0 aromatic carbocycles. The zero-order valence-electron chi connectivity index (χ0n) is 3.24. The molecular formula is C4H5ClO. The fourth-order valence-corrected chi connectivity index (χ4v) is 0.198. The molecule has 0 fully saturated rings. The summed E-state index contributed by atoms with van der Waals surface area (Å²) in [6.45, 7) is -0.0906. The molecule has 0 aromatic rings. The summed E-state index contributed by atoms with van der Waals surface area (Å²) in [5.41, 5.74) is 0. The number of hydrogen-bond acceptors (Lipinski definition) is 1. The molecule has 0 rings (SSSR count). The van der Waals surface area contributed by atoms with E-state index in [2.05, 4.69) is 11.8 Å². The van der Waals surface area contributed by atoms with Crippen molar-refractivity contribution in [2.45, 2.75) is 0 Å². The van der Waals surface area contributed by atoms with Crippen LogP contribution >= 0.6 is 11.6 Å². The molecule has 6 heavy (non-hydrogen) atoms. The SMILES string of the molecule is OCC#CCCl. The molecule has 0 aliphatic carbocycles. The first-order valence-corrected chi connectivity index (χ1v) is 2.08. The third-order valence-corrected chi connectivity index (χ3v) is 0.405. The van der Waals surface area contributed by atoms with E-state index < -0.39 is 0 Å². The van der Waals surface area contributed by atoms with Gasteiger partial charge in [-0.3, -0.25) is 0 Å². The van der Waals surface area contributed by atoms with Crippen molar-refractivity contribution in [3.8, 4) is 11.8 Å². The normalized spacial score (nSPS) is 6.33. The number of alkyl halides is 1. The molecule has 2 heteroatoms. The van der Waals surface area contributed by atoms with Crippen molar-refractivity contribution in [2.24, 2.45) is 0 Å². The van der Waals surface area contributed by atoms with Crippen molar-refractivity contribution in [1.29, 1.82) is 0 Å². The van der Waals surface area contributed by atoms with Crippen LogP contribution in [0.15, 0.2) is 0 Å². The van der Waals surface area contributed by atoms with Gasteiger partial charge in [0.25, 0.3) is 0 Å². The van der Waals surface area contributed by atoms with Crippen LogP contribution < -0.4 is 0 Å². The largest absolute Gasteiger partial charge is 0.384 e. The van der Waals surface area contributed by atoms with Gasteiger partial charge in [-0.05, 0) is 0 Å². The second-order valence-corrected chi connectivity index (χ2v) is 0.913. The van der Waals surface area contributed by atoms with Crippen LogP contribution in [0.1, 0.15) is 0 Å². The van der Waals surface area contributed by atoms with Gasteiger partial charge in [-0.25, -0.2) is 0 Å². The van der Waals surface area contributed by atoms with Crippen molar-refractivity contribution < 1.29 is 5.11 Å². The zero-order chi connectivity index (χ0) is 4.83. The summed E-state index contributed by atoms with van der Waals surface area (Å²) in [6, 6.07) is 0. The Morgan fingerprint density at radius 1 is 1.50 bits per heavy atom. The molecule has 0 amide bonds. The molecule has 34 valence electrons. The van der Waals surface area contributed by atoms with E-state index in [1.165, 1.54) is 0 Å². The predicted molar refractivity (Wildman–Crippen MR) is 25.6 cm³/mol. The van der Waals surface area contributed by atoms with Gasteiger partial charge in [-0.15, -0.1) is 11.6 Å². The van der Waals surface area contributed by atoms with Crippen molar-refractivity contribution in [3.63, 3.8) is 0 Å². The lowest BCUT2D eigenvalue weighted by Crippen LogP contribution is -1.70. The van der Waals surface area contributed by atoms with Crippen LogP contribution in [-0.2, 0) is 0 Å². The van der Waals surface area contributed by atoms with Crippen LogP contribution in [0, 0.1) is 11.8 Å². The molecule has 0 unspecified atom stereocenters. The second kappa shape index (κ2) is 4.81. The van der Waals surface area contributed by atoms with E-state index in [4.69, 9.17) is 16.7 Å². The van der Waals surface area contributed by atoms with Gasteiger partial charge in [0.2, 0.25) is 0 Å². The molecule has 0 atom stereocenters. The second-order valence-electron chi connectivity index (χ2n) is 0.645. The average Bonchev–Trinajstić information content (AvgIpc) is 1.61. The van der Waals surface area contributed by atoms with E-state index in [-0.39, 0.29) is 6.61 Å². The molecule has 0 spiro atoms. The summed E-state index contributed by atoms with van der Waals surface area (Å²) in [4.78, 5) is 0. The van der Waals surface area contributed by atoms with Gasteiger partial charge in [-0.2, -0.15) is 0 Å². The molecule has 0 aliphatic heterocycles. The van der Waals surface area contributed by atoms with Crippen molar-refractivity contribution >= 4 is 11.6 Å². The van der Waals surface area contributed by atoms with Crippen molar-refractivity contribution in [1.82, 2.24) is 0 Å². The van der Waals surface area contributed by atoms with Crippen LogP contribution in [0.3, 0.4) is 0 Å². The fraction of sp³-hybridized carbons (Fsp3) is 0.500. The Bertz CT molecular complexity index is 61.4. The number of rotatable bonds is 0. The molecule has 1 N–H and O–H groups in total. The average molecular weight is 105 g/mol. The van der Waals surface area contributed by atoms with E-state index >= 15 is 0 Å². The zero-order valence-corrected chi connectivity index (χ0v) is 4.00. The minimum Gasteiger partial charge on any atom is -0.384 e. The van der Waals surface area contributed by atoms with E-state index in [1.54, 1.807) is 0 Å². The molecule has 0 aliphatic rings. The Balaban J connectivity index is 2.90. The fourth-order valence-electron chi connectivity index (χ4n) is 0.103. The van der Waals surface area contributed by atoms with Crippen LogP contribution in [-0.4, -0.2) is 17.6 Å². The Labute approximate surface area is 41.9 Å². The van der Waals surface area contributed by atoms with E-state index in [0.717, 1.165) is 0 Å². The Morgan fingerprint density at radius 3 is 2.33 bits per heavy atom. The lowest BCUT2D eigenvalue weighted by atomic mass is 10.6. The van der Waals surface area contributed by atoms with Crippen LogP contribution in [0.2, 0.25) is 0 Å². The van der Waals surface area contributed by atoms with Crippen LogP contribution in [0.5, 0.6) is 0 Å². The van der Waals surface area contributed by atoms with Gasteiger partial charge in [0.15, 0.2) is 0 Å². The summed E-state index contributed by atoms with van der Waals surface area (Å²) < 4.78 is 0. The monoisotopic (exact) mass is 104 g/mol. The summed E-state index contributed by atoms with van der Waals surface area (Å²) in [6.07, 6.45) is 0. The van der Waals surface area contributed by atoms with E-state index in [9.17, 15) is 0 Å². The maximum atomic E-state index is 7.97. The number of aliphatic hydroxyl groups is 1. The quantitative estimate of drug-likeness (QED) is 0.344. The first-order chi connectivity index (χ1) is 2.91. The van der Waals surface area contributed by atoms with Gasteiger partial charge in [0.05, 0.1) is 5.88 Å².